The zero-order valence-electron chi connectivity index (χ0n) is 8.89. The summed E-state index contributed by atoms with van der Waals surface area (Å²) in [5.41, 5.74) is 1.10. The number of aromatic nitrogens is 2. The lowest BCUT2D eigenvalue weighted by molar-refractivity contribution is 0.339. The predicted molar refractivity (Wildman–Crippen MR) is 55.9 cm³/mol. The number of rotatable bonds is 2. The van der Waals surface area contributed by atoms with Gasteiger partial charge in [0.05, 0.1) is 19.0 Å². The Morgan fingerprint density at radius 2 is 2.33 bits per heavy atom. The van der Waals surface area contributed by atoms with Crippen LogP contribution in [0, 0.1) is 5.92 Å². The maximum Gasteiger partial charge on any atom is 0.232 e. The Morgan fingerprint density at radius 3 is 3.00 bits per heavy atom. The molecule has 2 unspecified atom stereocenters. The first kappa shape index (κ1) is 9.09. The van der Waals surface area contributed by atoms with Crippen molar-refractivity contribution in [3.05, 3.63) is 18.1 Å². The molecule has 1 aromatic heterocycles. The van der Waals surface area contributed by atoms with E-state index in [0.29, 0.717) is 11.8 Å². The molecule has 80 valence electrons. The number of fused-ring (bicyclic) bond motifs is 2. The summed E-state index contributed by atoms with van der Waals surface area (Å²) in [6.45, 7) is 3.65. The van der Waals surface area contributed by atoms with Gasteiger partial charge in [-0.25, -0.2) is 4.98 Å². The largest absolute Gasteiger partial charge is 0.480 e. The Morgan fingerprint density at radius 1 is 1.40 bits per heavy atom. The highest BCUT2D eigenvalue weighted by Gasteiger charge is 2.39. The topological polar surface area (TPSA) is 38.2 Å². The Balaban J connectivity index is 1.86. The lowest BCUT2D eigenvalue weighted by Crippen LogP contribution is -2.22. The van der Waals surface area contributed by atoms with E-state index in [0.717, 1.165) is 18.2 Å². The van der Waals surface area contributed by atoms with Gasteiger partial charge in [0.25, 0.3) is 0 Å². The van der Waals surface area contributed by atoms with Gasteiger partial charge in [0.1, 0.15) is 0 Å². The zero-order chi connectivity index (χ0) is 10.3. The van der Waals surface area contributed by atoms with Crippen LogP contribution in [0.3, 0.4) is 0 Å². The van der Waals surface area contributed by atoms with E-state index in [1.165, 1.54) is 19.5 Å². The number of nitrogens with zero attached hydrogens (tertiary/aromatic N) is 3. The van der Waals surface area contributed by atoms with Crippen LogP contribution in [0.5, 0.6) is 5.88 Å². The van der Waals surface area contributed by atoms with Gasteiger partial charge in [0.2, 0.25) is 5.88 Å². The molecule has 4 heteroatoms. The van der Waals surface area contributed by atoms with Gasteiger partial charge in [0.15, 0.2) is 0 Å². The molecular weight excluding hydrogens is 190 g/mol. The SMILES string of the molecule is COc1cncc([C@@H]2CN3CCC2C3)n1. The van der Waals surface area contributed by atoms with Gasteiger partial charge in [-0.05, 0) is 18.9 Å². The summed E-state index contributed by atoms with van der Waals surface area (Å²) in [4.78, 5) is 11.2. The van der Waals surface area contributed by atoms with E-state index in [2.05, 4.69) is 14.9 Å². The summed E-state index contributed by atoms with van der Waals surface area (Å²) >= 11 is 0. The van der Waals surface area contributed by atoms with Crippen LogP contribution in [0.4, 0.5) is 0 Å². The average Bonchev–Trinajstić information content (AvgIpc) is 2.91. The van der Waals surface area contributed by atoms with E-state index in [1.54, 1.807) is 13.3 Å². The fourth-order valence-electron chi connectivity index (χ4n) is 2.76. The highest BCUT2D eigenvalue weighted by molar-refractivity contribution is 5.16. The molecule has 0 aliphatic carbocycles. The molecule has 3 atom stereocenters. The predicted octanol–water partition coefficient (Wildman–Crippen LogP) is 0.904. The minimum atomic E-state index is 0.571. The van der Waals surface area contributed by atoms with Gasteiger partial charge in [-0.3, -0.25) is 4.98 Å². The molecule has 0 N–H and O–H groups in total. The average molecular weight is 205 g/mol. The molecule has 2 aliphatic rings. The monoisotopic (exact) mass is 205 g/mol. The number of hydrogen-bond acceptors (Lipinski definition) is 4. The first-order valence-corrected chi connectivity index (χ1v) is 5.45. The molecule has 3 rings (SSSR count). The van der Waals surface area contributed by atoms with Crippen molar-refractivity contribution in [3.8, 4) is 5.88 Å². The lowest BCUT2D eigenvalue weighted by Gasteiger charge is -2.21. The number of piperidine rings is 1. The maximum atomic E-state index is 5.11. The van der Waals surface area contributed by atoms with Gasteiger partial charge in [-0.15, -0.1) is 0 Å². The van der Waals surface area contributed by atoms with Crippen molar-refractivity contribution in [2.45, 2.75) is 12.3 Å². The van der Waals surface area contributed by atoms with Crippen LogP contribution in [0.1, 0.15) is 18.0 Å². The number of ether oxygens (including phenoxy) is 1. The van der Waals surface area contributed by atoms with Gasteiger partial charge in [0, 0.05) is 25.2 Å². The Bertz CT molecular complexity index is 369. The first-order chi connectivity index (χ1) is 7.36. The molecule has 4 nitrogen and oxygen atoms in total. The third-order valence-corrected chi connectivity index (χ3v) is 3.55. The van der Waals surface area contributed by atoms with Crippen LogP contribution in [-0.2, 0) is 0 Å². The summed E-state index contributed by atoms with van der Waals surface area (Å²) in [6.07, 6.45) is 4.86. The van der Waals surface area contributed by atoms with E-state index in [9.17, 15) is 0 Å². The minimum absolute atomic E-state index is 0.571. The van der Waals surface area contributed by atoms with E-state index >= 15 is 0 Å². The summed E-state index contributed by atoms with van der Waals surface area (Å²) < 4.78 is 5.11. The first-order valence-electron chi connectivity index (χ1n) is 5.45. The van der Waals surface area contributed by atoms with Crippen LogP contribution < -0.4 is 4.74 Å². The minimum Gasteiger partial charge on any atom is -0.480 e. The molecule has 2 aliphatic heterocycles. The molecule has 0 radical (unpaired) electrons. The van der Waals surface area contributed by atoms with Crippen molar-refractivity contribution < 1.29 is 4.74 Å². The molecule has 3 heterocycles. The van der Waals surface area contributed by atoms with Crippen molar-refractivity contribution in [2.24, 2.45) is 5.92 Å². The second-order valence-corrected chi connectivity index (χ2v) is 4.40. The number of methoxy groups -OCH3 is 1. The van der Waals surface area contributed by atoms with Crippen molar-refractivity contribution in [2.75, 3.05) is 26.7 Å². The molecule has 1 aromatic rings. The normalized spacial score (nSPS) is 33.3. The van der Waals surface area contributed by atoms with E-state index in [-0.39, 0.29) is 0 Å². The van der Waals surface area contributed by atoms with Gasteiger partial charge >= 0.3 is 0 Å². The molecule has 2 bridgehead atoms. The fourth-order valence-corrected chi connectivity index (χ4v) is 2.76. The molecule has 2 fully saturated rings. The Labute approximate surface area is 89.3 Å². The number of hydrogen-bond donors (Lipinski definition) is 0. The highest BCUT2D eigenvalue weighted by Crippen LogP contribution is 2.38. The van der Waals surface area contributed by atoms with Crippen LogP contribution in [0.2, 0.25) is 0 Å². The zero-order valence-corrected chi connectivity index (χ0v) is 8.89. The van der Waals surface area contributed by atoms with E-state index in [4.69, 9.17) is 4.74 Å². The Hall–Kier alpha value is -1.16. The molecule has 0 amide bonds. The van der Waals surface area contributed by atoms with E-state index in [1.807, 2.05) is 6.20 Å². The third-order valence-electron chi connectivity index (χ3n) is 3.55. The second-order valence-electron chi connectivity index (χ2n) is 4.40. The summed E-state index contributed by atoms with van der Waals surface area (Å²) in [5.74, 6) is 1.98. The summed E-state index contributed by atoms with van der Waals surface area (Å²) in [6, 6.07) is 0. The van der Waals surface area contributed by atoms with E-state index < -0.39 is 0 Å². The molecule has 0 aromatic carbocycles. The van der Waals surface area contributed by atoms with Crippen molar-refractivity contribution in [1.29, 1.82) is 0 Å². The third kappa shape index (κ3) is 1.49. The molecule has 0 saturated carbocycles. The molecular formula is C11H15N3O. The van der Waals surface area contributed by atoms with Crippen molar-refractivity contribution in [3.63, 3.8) is 0 Å². The summed E-state index contributed by atoms with van der Waals surface area (Å²) in [5, 5.41) is 0. The summed E-state index contributed by atoms with van der Waals surface area (Å²) in [7, 11) is 1.64. The Kier molecular flexibility index (Phi) is 2.09. The lowest BCUT2D eigenvalue weighted by atomic mass is 9.90. The molecule has 15 heavy (non-hydrogen) atoms. The highest BCUT2D eigenvalue weighted by atomic mass is 16.5. The van der Waals surface area contributed by atoms with Crippen molar-refractivity contribution >= 4 is 0 Å². The van der Waals surface area contributed by atoms with Gasteiger partial charge < -0.3 is 9.64 Å². The van der Waals surface area contributed by atoms with Crippen LogP contribution in [0.15, 0.2) is 12.4 Å². The maximum absolute atomic E-state index is 5.11. The van der Waals surface area contributed by atoms with Gasteiger partial charge in [-0.1, -0.05) is 0 Å². The molecule has 0 spiro atoms. The second kappa shape index (κ2) is 3.45. The van der Waals surface area contributed by atoms with Crippen LogP contribution >= 0.6 is 0 Å². The quantitative estimate of drug-likeness (QED) is 0.719. The fraction of sp³-hybridized carbons (Fsp3) is 0.636. The van der Waals surface area contributed by atoms with Crippen LogP contribution in [0.25, 0.3) is 0 Å². The van der Waals surface area contributed by atoms with Crippen LogP contribution in [-0.4, -0.2) is 41.6 Å². The van der Waals surface area contributed by atoms with Crippen molar-refractivity contribution in [1.82, 2.24) is 14.9 Å². The smallest absolute Gasteiger partial charge is 0.232 e. The molecule has 2 saturated heterocycles. The standard InChI is InChI=1S/C11H15N3O/c1-15-11-5-12-4-10(13-11)9-7-14-3-2-8(9)6-14/h4-5,8-9H,2-3,6-7H2,1H3/t8?,9-/m1/s1. The van der Waals surface area contributed by atoms with Gasteiger partial charge in [-0.2, -0.15) is 0 Å².